The number of hydrazone groups is 1. The molecular formula is C24H15F2N5O. The van der Waals surface area contributed by atoms with E-state index in [1.807, 2.05) is 12.1 Å². The van der Waals surface area contributed by atoms with Gasteiger partial charge in [0.25, 0.3) is 5.56 Å². The fourth-order valence-corrected chi connectivity index (χ4v) is 3.08. The molecule has 0 radical (unpaired) electrons. The summed E-state index contributed by atoms with van der Waals surface area (Å²) >= 11 is 0. The highest BCUT2D eigenvalue weighted by atomic mass is 19.1. The number of aromatic amines is 1. The van der Waals surface area contributed by atoms with Gasteiger partial charge in [0.1, 0.15) is 23.3 Å². The first kappa shape index (κ1) is 20.6. The molecule has 0 saturated carbocycles. The lowest BCUT2D eigenvalue weighted by Gasteiger charge is -2.06. The Hall–Kier alpha value is -4.64. The normalized spacial score (nSPS) is 10.8. The topological polar surface area (TPSA) is 93.9 Å². The van der Waals surface area contributed by atoms with Gasteiger partial charge in [-0.2, -0.15) is 10.4 Å². The van der Waals surface area contributed by atoms with Gasteiger partial charge in [-0.3, -0.25) is 9.78 Å². The first-order chi connectivity index (χ1) is 15.5. The van der Waals surface area contributed by atoms with Gasteiger partial charge in [-0.1, -0.05) is 54.6 Å². The maximum absolute atomic E-state index is 13.4. The van der Waals surface area contributed by atoms with Gasteiger partial charge in [-0.25, -0.2) is 19.2 Å². The zero-order chi connectivity index (χ0) is 22.5. The largest absolute Gasteiger partial charge is 0.290 e. The predicted octanol–water partition coefficient (Wildman–Crippen LogP) is 4.70. The van der Waals surface area contributed by atoms with E-state index in [0.717, 1.165) is 6.07 Å². The molecule has 0 saturated heterocycles. The molecule has 1 heterocycles. The molecule has 156 valence electrons. The Kier molecular flexibility index (Phi) is 5.81. The van der Waals surface area contributed by atoms with Crippen LogP contribution in [0.1, 0.15) is 11.1 Å². The first-order valence-corrected chi connectivity index (χ1v) is 9.49. The van der Waals surface area contributed by atoms with Crippen molar-refractivity contribution in [2.45, 2.75) is 0 Å². The van der Waals surface area contributed by atoms with Gasteiger partial charge >= 0.3 is 0 Å². The van der Waals surface area contributed by atoms with E-state index in [-0.39, 0.29) is 17.2 Å². The minimum absolute atomic E-state index is 0.0796. The van der Waals surface area contributed by atoms with Crippen molar-refractivity contribution in [1.82, 2.24) is 9.97 Å². The Bertz CT molecular complexity index is 1370. The zero-order valence-electron chi connectivity index (χ0n) is 16.5. The summed E-state index contributed by atoms with van der Waals surface area (Å²) in [5.74, 6) is -1.21. The van der Waals surface area contributed by atoms with Crippen LogP contribution < -0.4 is 11.0 Å². The second-order valence-corrected chi connectivity index (χ2v) is 6.77. The molecule has 3 aromatic carbocycles. The number of hydrogen-bond donors (Lipinski definition) is 2. The summed E-state index contributed by atoms with van der Waals surface area (Å²) in [6.07, 6.45) is 1.50. The second kappa shape index (κ2) is 9.02. The SMILES string of the molecule is N#Cc1c(-c2ccccc2)nc(NN=Cc2ccc(-c3cc(F)cc(F)c3)cc2)[nH]c1=O. The van der Waals surface area contributed by atoms with Crippen molar-refractivity contribution in [3.05, 3.63) is 106 Å². The molecule has 0 aliphatic heterocycles. The monoisotopic (exact) mass is 427 g/mol. The second-order valence-electron chi connectivity index (χ2n) is 6.77. The number of hydrogen-bond acceptors (Lipinski definition) is 5. The van der Waals surface area contributed by atoms with Gasteiger partial charge in [0, 0.05) is 11.6 Å². The first-order valence-electron chi connectivity index (χ1n) is 9.49. The lowest BCUT2D eigenvalue weighted by Crippen LogP contribution is -2.16. The Labute approximate surface area is 181 Å². The summed E-state index contributed by atoms with van der Waals surface area (Å²) in [6, 6.07) is 21.0. The van der Waals surface area contributed by atoms with Crippen LogP contribution in [0.15, 0.2) is 82.7 Å². The standard InChI is InChI=1S/C24H15F2N5O/c25-19-10-18(11-20(26)12-19)16-8-6-15(7-9-16)14-28-31-24-29-22(17-4-2-1-3-5-17)21(13-27)23(32)30-24/h1-12,14H,(H2,29,30,31,32). The van der Waals surface area contributed by atoms with Crippen molar-refractivity contribution in [2.75, 3.05) is 5.43 Å². The van der Waals surface area contributed by atoms with E-state index in [1.54, 1.807) is 48.5 Å². The van der Waals surface area contributed by atoms with E-state index in [2.05, 4.69) is 20.5 Å². The number of halogens is 2. The van der Waals surface area contributed by atoms with Crippen LogP contribution in [0.3, 0.4) is 0 Å². The molecule has 0 atom stereocenters. The van der Waals surface area contributed by atoms with Crippen LogP contribution in [0.25, 0.3) is 22.4 Å². The fourth-order valence-electron chi connectivity index (χ4n) is 3.08. The molecule has 0 bridgehead atoms. The number of anilines is 1. The van der Waals surface area contributed by atoms with E-state index in [1.165, 1.54) is 18.3 Å². The van der Waals surface area contributed by atoms with Gasteiger partial charge in [-0.05, 0) is 28.8 Å². The number of benzene rings is 3. The minimum Gasteiger partial charge on any atom is -0.290 e. The Balaban J connectivity index is 1.54. The maximum atomic E-state index is 13.4. The summed E-state index contributed by atoms with van der Waals surface area (Å²) in [7, 11) is 0. The lowest BCUT2D eigenvalue weighted by molar-refractivity contribution is 0.584. The van der Waals surface area contributed by atoms with E-state index < -0.39 is 17.2 Å². The Morgan fingerprint density at radius 1 is 0.938 bits per heavy atom. The molecule has 0 amide bonds. The zero-order valence-corrected chi connectivity index (χ0v) is 16.5. The Morgan fingerprint density at radius 2 is 1.62 bits per heavy atom. The number of aromatic nitrogens is 2. The molecule has 1 aromatic heterocycles. The van der Waals surface area contributed by atoms with Crippen molar-refractivity contribution < 1.29 is 8.78 Å². The lowest BCUT2D eigenvalue weighted by atomic mass is 10.0. The molecule has 0 spiro atoms. The predicted molar refractivity (Wildman–Crippen MR) is 118 cm³/mol. The van der Waals surface area contributed by atoms with Crippen molar-refractivity contribution in [1.29, 1.82) is 5.26 Å². The fraction of sp³-hybridized carbons (Fsp3) is 0. The molecular weight excluding hydrogens is 412 g/mol. The molecule has 6 nitrogen and oxygen atoms in total. The van der Waals surface area contributed by atoms with Gasteiger partial charge < -0.3 is 0 Å². The van der Waals surface area contributed by atoms with Gasteiger partial charge in [0.2, 0.25) is 5.95 Å². The number of nitrogens with one attached hydrogen (secondary N) is 2. The summed E-state index contributed by atoms with van der Waals surface area (Å²) in [6.45, 7) is 0. The maximum Gasteiger partial charge on any atom is 0.270 e. The van der Waals surface area contributed by atoms with Crippen LogP contribution in [0.4, 0.5) is 14.7 Å². The smallest absolute Gasteiger partial charge is 0.270 e. The number of nitrogens with zero attached hydrogens (tertiary/aromatic N) is 3. The summed E-state index contributed by atoms with van der Waals surface area (Å²) in [4.78, 5) is 19.0. The van der Waals surface area contributed by atoms with Crippen LogP contribution in [-0.4, -0.2) is 16.2 Å². The Morgan fingerprint density at radius 3 is 2.28 bits per heavy atom. The summed E-state index contributed by atoms with van der Waals surface area (Å²) < 4.78 is 26.8. The summed E-state index contributed by atoms with van der Waals surface area (Å²) in [5.41, 5.74) is 4.65. The van der Waals surface area contributed by atoms with Crippen molar-refractivity contribution in [3.63, 3.8) is 0 Å². The third-order valence-electron chi connectivity index (χ3n) is 4.57. The van der Waals surface area contributed by atoms with Gasteiger partial charge in [0.05, 0.1) is 11.9 Å². The van der Waals surface area contributed by atoms with E-state index in [0.29, 0.717) is 22.3 Å². The van der Waals surface area contributed by atoms with Gasteiger partial charge in [-0.15, -0.1) is 0 Å². The molecule has 0 unspecified atom stereocenters. The highest BCUT2D eigenvalue weighted by Gasteiger charge is 2.12. The molecule has 4 aromatic rings. The van der Waals surface area contributed by atoms with Crippen molar-refractivity contribution in [2.24, 2.45) is 5.10 Å². The van der Waals surface area contributed by atoms with E-state index >= 15 is 0 Å². The average molecular weight is 427 g/mol. The van der Waals surface area contributed by atoms with Crippen LogP contribution in [0.2, 0.25) is 0 Å². The third-order valence-corrected chi connectivity index (χ3v) is 4.57. The van der Waals surface area contributed by atoms with Crippen LogP contribution in [0, 0.1) is 23.0 Å². The third kappa shape index (κ3) is 4.57. The van der Waals surface area contributed by atoms with E-state index in [4.69, 9.17) is 0 Å². The highest BCUT2D eigenvalue weighted by molar-refractivity contribution is 5.81. The van der Waals surface area contributed by atoms with Gasteiger partial charge in [0.15, 0.2) is 0 Å². The van der Waals surface area contributed by atoms with Crippen LogP contribution >= 0.6 is 0 Å². The molecule has 0 aliphatic rings. The molecule has 4 rings (SSSR count). The molecule has 32 heavy (non-hydrogen) atoms. The summed E-state index contributed by atoms with van der Waals surface area (Å²) in [5, 5.41) is 13.4. The van der Waals surface area contributed by atoms with Crippen molar-refractivity contribution in [3.8, 4) is 28.5 Å². The highest BCUT2D eigenvalue weighted by Crippen LogP contribution is 2.22. The molecule has 0 fully saturated rings. The van der Waals surface area contributed by atoms with E-state index in [9.17, 15) is 18.8 Å². The average Bonchev–Trinajstić information content (AvgIpc) is 2.79. The molecule has 8 heteroatoms. The van der Waals surface area contributed by atoms with Crippen LogP contribution in [-0.2, 0) is 0 Å². The minimum atomic E-state index is -0.645. The van der Waals surface area contributed by atoms with Crippen LogP contribution in [0.5, 0.6) is 0 Å². The molecule has 2 N–H and O–H groups in total. The van der Waals surface area contributed by atoms with Crippen molar-refractivity contribution >= 4 is 12.2 Å². The number of nitriles is 1. The molecule has 0 aliphatic carbocycles. The number of H-pyrrole nitrogens is 1. The quantitative estimate of drug-likeness (QED) is 0.357. The number of rotatable bonds is 5.